The van der Waals surface area contributed by atoms with Gasteiger partial charge >= 0.3 is 18.1 Å². The van der Waals surface area contributed by atoms with Crippen LogP contribution in [0.3, 0.4) is 0 Å². The molecule has 0 saturated carbocycles. The fourth-order valence-corrected chi connectivity index (χ4v) is 2.17. The summed E-state index contributed by atoms with van der Waals surface area (Å²) in [6.45, 7) is 0. The average Bonchev–Trinajstić information content (AvgIpc) is 2.58. The number of methoxy groups -OCH3 is 3. The molecule has 0 bridgehead atoms. The molecule has 1 atom stereocenters. The van der Waals surface area contributed by atoms with Crippen LogP contribution < -0.4 is 14.8 Å². The Labute approximate surface area is 143 Å². The van der Waals surface area contributed by atoms with E-state index in [1.54, 1.807) is 18.2 Å². The SMILES string of the molecule is COC(=O)CCC(Cc1ccc(OC)cc1OC)NC(=O)C(F)(F)F. The third kappa shape index (κ3) is 6.52. The van der Waals surface area contributed by atoms with Crippen LogP contribution in [0.2, 0.25) is 0 Å². The number of halogens is 3. The Morgan fingerprint density at radius 3 is 2.36 bits per heavy atom. The van der Waals surface area contributed by atoms with Crippen LogP contribution in [0.1, 0.15) is 18.4 Å². The minimum Gasteiger partial charge on any atom is -0.497 e. The van der Waals surface area contributed by atoms with Crippen LogP contribution in [-0.2, 0) is 20.7 Å². The molecule has 1 aromatic carbocycles. The van der Waals surface area contributed by atoms with Gasteiger partial charge in [-0.3, -0.25) is 9.59 Å². The van der Waals surface area contributed by atoms with E-state index in [1.807, 2.05) is 5.32 Å². The van der Waals surface area contributed by atoms with Crippen LogP contribution in [0.15, 0.2) is 18.2 Å². The summed E-state index contributed by atoms with van der Waals surface area (Å²) in [6.07, 6.45) is -5.10. The van der Waals surface area contributed by atoms with E-state index < -0.39 is 24.1 Å². The Bertz CT molecular complexity index is 604. The van der Waals surface area contributed by atoms with E-state index >= 15 is 0 Å². The van der Waals surface area contributed by atoms with Gasteiger partial charge in [0.1, 0.15) is 11.5 Å². The average molecular weight is 363 g/mol. The summed E-state index contributed by atoms with van der Waals surface area (Å²) in [4.78, 5) is 22.5. The van der Waals surface area contributed by atoms with Crippen molar-refractivity contribution in [3.8, 4) is 11.5 Å². The molecule has 0 aliphatic rings. The van der Waals surface area contributed by atoms with Gasteiger partial charge in [0.2, 0.25) is 0 Å². The standard InChI is InChI=1S/C16H20F3NO5/c1-23-12-6-4-10(13(9-12)24-2)8-11(5-7-14(21)25-3)20-15(22)16(17,18)19/h4,6,9,11H,5,7-8H2,1-3H3,(H,20,22). The molecule has 0 fully saturated rings. The van der Waals surface area contributed by atoms with E-state index in [1.165, 1.54) is 21.3 Å². The van der Waals surface area contributed by atoms with Gasteiger partial charge in [-0.2, -0.15) is 13.2 Å². The van der Waals surface area contributed by atoms with Crippen molar-refractivity contribution in [2.45, 2.75) is 31.5 Å². The summed E-state index contributed by atoms with van der Waals surface area (Å²) < 4.78 is 52.3. The summed E-state index contributed by atoms with van der Waals surface area (Å²) in [7, 11) is 4.06. The number of hydrogen-bond donors (Lipinski definition) is 1. The summed E-state index contributed by atoms with van der Waals surface area (Å²) in [6, 6.07) is 3.91. The molecule has 1 N–H and O–H groups in total. The minimum atomic E-state index is -5.01. The first kappa shape index (κ1) is 20.6. The summed E-state index contributed by atoms with van der Waals surface area (Å²) in [5.74, 6) is -1.71. The number of esters is 1. The molecule has 1 amide bonds. The fraction of sp³-hybridized carbons (Fsp3) is 0.500. The number of alkyl halides is 3. The molecule has 140 valence electrons. The maximum Gasteiger partial charge on any atom is 0.471 e. The Morgan fingerprint density at radius 1 is 1.16 bits per heavy atom. The van der Waals surface area contributed by atoms with Gasteiger partial charge in [-0.1, -0.05) is 6.07 Å². The van der Waals surface area contributed by atoms with Crippen LogP contribution in [-0.4, -0.2) is 45.4 Å². The largest absolute Gasteiger partial charge is 0.497 e. The van der Waals surface area contributed by atoms with Gasteiger partial charge in [0.25, 0.3) is 0 Å². The van der Waals surface area contributed by atoms with Crippen LogP contribution in [0.5, 0.6) is 11.5 Å². The van der Waals surface area contributed by atoms with Crippen molar-refractivity contribution in [2.75, 3.05) is 21.3 Å². The Balaban J connectivity index is 2.95. The van der Waals surface area contributed by atoms with Crippen molar-refractivity contribution in [3.63, 3.8) is 0 Å². The first-order chi connectivity index (χ1) is 11.7. The first-order valence-electron chi connectivity index (χ1n) is 7.36. The van der Waals surface area contributed by atoms with Crippen molar-refractivity contribution in [1.82, 2.24) is 5.32 Å². The smallest absolute Gasteiger partial charge is 0.471 e. The summed E-state index contributed by atoms with van der Waals surface area (Å²) in [5.41, 5.74) is 0.570. The molecular formula is C16H20F3NO5. The zero-order valence-corrected chi connectivity index (χ0v) is 14.1. The van der Waals surface area contributed by atoms with E-state index in [0.717, 1.165) is 0 Å². The molecule has 0 aromatic heterocycles. The predicted octanol–water partition coefficient (Wildman–Crippen LogP) is 2.25. The molecule has 0 saturated heterocycles. The van der Waals surface area contributed by atoms with Crippen LogP contribution in [0.4, 0.5) is 13.2 Å². The fourth-order valence-electron chi connectivity index (χ4n) is 2.17. The summed E-state index contributed by atoms with van der Waals surface area (Å²) >= 11 is 0. The van der Waals surface area contributed by atoms with Crippen LogP contribution >= 0.6 is 0 Å². The highest BCUT2D eigenvalue weighted by Crippen LogP contribution is 2.26. The van der Waals surface area contributed by atoms with Crippen LogP contribution in [0.25, 0.3) is 0 Å². The molecule has 0 heterocycles. The zero-order valence-electron chi connectivity index (χ0n) is 14.1. The van der Waals surface area contributed by atoms with Crippen LogP contribution in [0, 0.1) is 0 Å². The summed E-state index contributed by atoms with van der Waals surface area (Å²) in [5, 5.41) is 1.91. The van der Waals surface area contributed by atoms with E-state index in [0.29, 0.717) is 17.1 Å². The lowest BCUT2D eigenvalue weighted by Gasteiger charge is -2.20. The molecule has 0 spiro atoms. The van der Waals surface area contributed by atoms with Crippen molar-refractivity contribution < 1.29 is 37.0 Å². The van der Waals surface area contributed by atoms with Gasteiger partial charge in [-0.05, 0) is 24.5 Å². The Morgan fingerprint density at radius 2 is 1.84 bits per heavy atom. The second-order valence-corrected chi connectivity index (χ2v) is 5.16. The highest BCUT2D eigenvalue weighted by atomic mass is 19.4. The molecule has 0 aliphatic heterocycles. The van der Waals surface area contributed by atoms with Gasteiger partial charge in [-0.25, -0.2) is 0 Å². The first-order valence-corrected chi connectivity index (χ1v) is 7.36. The van der Waals surface area contributed by atoms with Gasteiger partial charge in [0.15, 0.2) is 0 Å². The van der Waals surface area contributed by atoms with E-state index in [9.17, 15) is 22.8 Å². The second kappa shape index (κ2) is 9.14. The maximum atomic E-state index is 12.5. The van der Waals surface area contributed by atoms with E-state index in [2.05, 4.69) is 4.74 Å². The Hall–Kier alpha value is -2.45. The number of carbonyl (C=O) groups excluding carboxylic acids is 2. The lowest BCUT2D eigenvalue weighted by Crippen LogP contribution is -2.44. The highest BCUT2D eigenvalue weighted by Gasteiger charge is 2.39. The Kier molecular flexibility index (Phi) is 7.53. The lowest BCUT2D eigenvalue weighted by molar-refractivity contribution is -0.174. The van der Waals surface area contributed by atoms with E-state index in [4.69, 9.17) is 9.47 Å². The van der Waals surface area contributed by atoms with Gasteiger partial charge in [-0.15, -0.1) is 0 Å². The third-order valence-electron chi connectivity index (χ3n) is 3.48. The second-order valence-electron chi connectivity index (χ2n) is 5.16. The van der Waals surface area contributed by atoms with Gasteiger partial charge in [0.05, 0.1) is 21.3 Å². The molecule has 1 unspecified atom stereocenters. The molecule has 0 aliphatic carbocycles. The quantitative estimate of drug-likeness (QED) is 0.717. The third-order valence-corrected chi connectivity index (χ3v) is 3.48. The maximum absolute atomic E-state index is 12.5. The van der Waals surface area contributed by atoms with E-state index in [-0.39, 0.29) is 19.3 Å². The van der Waals surface area contributed by atoms with Gasteiger partial charge in [0, 0.05) is 18.5 Å². The number of nitrogens with one attached hydrogen (secondary N) is 1. The predicted molar refractivity (Wildman–Crippen MR) is 82.5 cm³/mol. The molecular weight excluding hydrogens is 343 g/mol. The number of amides is 1. The molecule has 25 heavy (non-hydrogen) atoms. The number of carbonyl (C=O) groups is 2. The number of ether oxygens (including phenoxy) is 3. The molecule has 0 radical (unpaired) electrons. The molecule has 6 nitrogen and oxygen atoms in total. The molecule has 1 aromatic rings. The molecule has 9 heteroatoms. The number of rotatable bonds is 8. The topological polar surface area (TPSA) is 73.9 Å². The zero-order chi connectivity index (χ0) is 19.0. The van der Waals surface area contributed by atoms with Gasteiger partial charge < -0.3 is 19.5 Å². The number of benzene rings is 1. The molecule has 1 rings (SSSR count). The minimum absolute atomic E-state index is 0.0102. The van der Waals surface area contributed by atoms with Crippen molar-refractivity contribution in [1.29, 1.82) is 0 Å². The normalized spacial score (nSPS) is 12.2. The lowest BCUT2D eigenvalue weighted by atomic mass is 10.0. The highest BCUT2D eigenvalue weighted by molar-refractivity contribution is 5.82. The van der Waals surface area contributed by atoms with Crippen molar-refractivity contribution in [3.05, 3.63) is 23.8 Å². The van der Waals surface area contributed by atoms with Crippen molar-refractivity contribution in [2.24, 2.45) is 0 Å². The number of hydrogen-bond acceptors (Lipinski definition) is 5. The monoisotopic (exact) mass is 363 g/mol. The van der Waals surface area contributed by atoms with Crippen molar-refractivity contribution >= 4 is 11.9 Å².